The van der Waals surface area contributed by atoms with E-state index in [1.54, 1.807) is 0 Å². The van der Waals surface area contributed by atoms with E-state index in [2.05, 4.69) is 38.3 Å². The predicted octanol–water partition coefficient (Wildman–Crippen LogP) is 2.85. The topological polar surface area (TPSA) is 41.1 Å². The molecule has 0 saturated carbocycles. The minimum Gasteiger partial charge on any atom is -0.353 e. The molecule has 0 heterocycles. The normalized spacial score (nSPS) is 12.8. The lowest BCUT2D eigenvalue weighted by molar-refractivity contribution is -0.121. The highest BCUT2D eigenvalue weighted by Gasteiger charge is 2.10. The Morgan fingerprint density at radius 1 is 1.12 bits per heavy atom. The van der Waals surface area contributed by atoms with Crippen LogP contribution in [-0.2, 0) is 4.79 Å². The van der Waals surface area contributed by atoms with E-state index < -0.39 is 0 Å². The third kappa shape index (κ3) is 10.3. The Morgan fingerprint density at radius 2 is 1.82 bits per heavy atom. The zero-order chi connectivity index (χ0) is 13.1. The molecule has 0 aliphatic rings. The number of carbonyl (C=O) groups excluding carboxylic acids is 1. The van der Waals surface area contributed by atoms with Crippen LogP contribution in [0.3, 0.4) is 0 Å². The van der Waals surface area contributed by atoms with E-state index in [0.29, 0.717) is 18.5 Å². The number of rotatable bonds is 10. The summed E-state index contributed by atoms with van der Waals surface area (Å²) in [7, 11) is 0. The van der Waals surface area contributed by atoms with E-state index in [1.807, 2.05) is 0 Å². The summed E-state index contributed by atoms with van der Waals surface area (Å²) in [6.07, 6.45) is 6.35. The smallest absolute Gasteiger partial charge is 0.221 e. The van der Waals surface area contributed by atoms with Crippen LogP contribution in [0.15, 0.2) is 0 Å². The van der Waals surface area contributed by atoms with Crippen molar-refractivity contribution in [1.82, 2.24) is 10.6 Å². The van der Waals surface area contributed by atoms with Crippen molar-refractivity contribution < 1.29 is 4.79 Å². The van der Waals surface area contributed by atoms with E-state index in [4.69, 9.17) is 0 Å². The lowest BCUT2D eigenvalue weighted by Crippen LogP contribution is -2.37. The summed E-state index contributed by atoms with van der Waals surface area (Å²) in [6.45, 7) is 9.33. The summed E-state index contributed by atoms with van der Waals surface area (Å²) >= 11 is 0. The van der Waals surface area contributed by atoms with Crippen LogP contribution >= 0.6 is 0 Å². The van der Waals surface area contributed by atoms with Gasteiger partial charge in [-0.1, -0.05) is 47.0 Å². The number of amides is 1. The van der Waals surface area contributed by atoms with Crippen LogP contribution in [0.1, 0.15) is 66.2 Å². The van der Waals surface area contributed by atoms with Gasteiger partial charge in [0.15, 0.2) is 0 Å². The van der Waals surface area contributed by atoms with E-state index in [-0.39, 0.29) is 5.91 Å². The first kappa shape index (κ1) is 16.4. The van der Waals surface area contributed by atoms with Gasteiger partial charge in [0, 0.05) is 25.0 Å². The standard InChI is InChI=1S/C14H30N2O/c1-5-7-9-13(8-6-2)16-14(17)10-11-15-12(3)4/h12-13,15H,5-11H2,1-4H3,(H,16,17). The van der Waals surface area contributed by atoms with Gasteiger partial charge in [-0.05, 0) is 12.8 Å². The van der Waals surface area contributed by atoms with Crippen molar-refractivity contribution in [3.05, 3.63) is 0 Å². The first-order valence-corrected chi connectivity index (χ1v) is 7.12. The SMILES string of the molecule is CCCCC(CCC)NC(=O)CCNC(C)C. The van der Waals surface area contributed by atoms with E-state index in [0.717, 1.165) is 25.8 Å². The van der Waals surface area contributed by atoms with Gasteiger partial charge < -0.3 is 10.6 Å². The average molecular weight is 242 g/mol. The minimum absolute atomic E-state index is 0.188. The molecule has 17 heavy (non-hydrogen) atoms. The van der Waals surface area contributed by atoms with Crippen molar-refractivity contribution in [2.24, 2.45) is 0 Å². The minimum atomic E-state index is 0.188. The highest BCUT2D eigenvalue weighted by Crippen LogP contribution is 2.06. The average Bonchev–Trinajstić information content (AvgIpc) is 2.25. The van der Waals surface area contributed by atoms with Gasteiger partial charge in [-0.15, -0.1) is 0 Å². The van der Waals surface area contributed by atoms with Gasteiger partial charge in [0.25, 0.3) is 0 Å². The summed E-state index contributed by atoms with van der Waals surface area (Å²) in [6, 6.07) is 0.834. The number of nitrogens with one attached hydrogen (secondary N) is 2. The van der Waals surface area contributed by atoms with Crippen molar-refractivity contribution in [1.29, 1.82) is 0 Å². The van der Waals surface area contributed by atoms with E-state index >= 15 is 0 Å². The summed E-state index contributed by atoms with van der Waals surface area (Å²) in [5, 5.41) is 6.41. The molecule has 0 aromatic carbocycles. The lowest BCUT2D eigenvalue weighted by Gasteiger charge is -2.18. The van der Waals surface area contributed by atoms with Gasteiger partial charge >= 0.3 is 0 Å². The largest absolute Gasteiger partial charge is 0.353 e. The Kier molecular flexibility index (Phi) is 10.2. The molecular weight excluding hydrogens is 212 g/mol. The molecule has 0 spiro atoms. The molecular formula is C14H30N2O. The zero-order valence-electron chi connectivity index (χ0n) is 12.0. The molecule has 3 heteroatoms. The maximum atomic E-state index is 11.7. The lowest BCUT2D eigenvalue weighted by atomic mass is 10.1. The summed E-state index contributed by atoms with van der Waals surface area (Å²) < 4.78 is 0. The van der Waals surface area contributed by atoms with E-state index in [1.165, 1.54) is 12.8 Å². The maximum absolute atomic E-state index is 11.7. The van der Waals surface area contributed by atoms with Crippen LogP contribution < -0.4 is 10.6 Å². The summed E-state index contributed by atoms with van der Waals surface area (Å²) in [5.41, 5.74) is 0. The molecule has 0 fully saturated rings. The Bertz CT molecular complexity index is 193. The van der Waals surface area contributed by atoms with Gasteiger partial charge in [-0.2, -0.15) is 0 Å². The number of hydrogen-bond acceptors (Lipinski definition) is 2. The molecule has 0 rings (SSSR count). The van der Waals surface area contributed by atoms with Gasteiger partial charge in [0.05, 0.1) is 0 Å². The molecule has 0 radical (unpaired) electrons. The molecule has 0 saturated heterocycles. The van der Waals surface area contributed by atoms with Crippen molar-refractivity contribution >= 4 is 5.91 Å². The fraction of sp³-hybridized carbons (Fsp3) is 0.929. The van der Waals surface area contributed by atoms with Crippen molar-refractivity contribution in [2.75, 3.05) is 6.54 Å². The van der Waals surface area contributed by atoms with Crippen LogP contribution in [0.4, 0.5) is 0 Å². The van der Waals surface area contributed by atoms with Gasteiger partial charge in [0.1, 0.15) is 0 Å². The second-order valence-corrected chi connectivity index (χ2v) is 5.05. The quantitative estimate of drug-likeness (QED) is 0.618. The van der Waals surface area contributed by atoms with Crippen LogP contribution in [-0.4, -0.2) is 24.5 Å². The highest BCUT2D eigenvalue weighted by molar-refractivity contribution is 5.76. The fourth-order valence-corrected chi connectivity index (χ4v) is 1.86. The van der Waals surface area contributed by atoms with Crippen LogP contribution in [0.25, 0.3) is 0 Å². The third-order valence-corrected chi connectivity index (χ3v) is 2.81. The molecule has 0 aromatic heterocycles. The second-order valence-electron chi connectivity index (χ2n) is 5.05. The van der Waals surface area contributed by atoms with Gasteiger partial charge in [-0.25, -0.2) is 0 Å². The van der Waals surface area contributed by atoms with Crippen molar-refractivity contribution in [3.8, 4) is 0 Å². The van der Waals surface area contributed by atoms with Crippen molar-refractivity contribution in [3.63, 3.8) is 0 Å². The molecule has 0 aromatic rings. The third-order valence-electron chi connectivity index (χ3n) is 2.81. The number of carbonyl (C=O) groups is 1. The maximum Gasteiger partial charge on any atom is 0.221 e. The molecule has 1 atom stereocenters. The van der Waals surface area contributed by atoms with Crippen LogP contribution in [0.5, 0.6) is 0 Å². The monoisotopic (exact) mass is 242 g/mol. The zero-order valence-corrected chi connectivity index (χ0v) is 12.0. The number of hydrogen-bond donors (Lipinski definition) is 2. The Hall–Kier alpha value is -0.570. The second kappa shape index (κ2) is 10.6. The highest BCUT2D eigenvalue weighted by atomic mass is 16.1. The van der Waals surface area contributed by atoms with Crippen molar-refractivity contribution in [2.45, 2.75) is 78.3 Å². The molecule has 0 aliphatic heterocycles. The van der Waals surface area contributed by atoms with Crippen LogP contribution in [0, 0.1) is 0 Å². The van der Waals surface area contributed by atoms with Gasteiger partial charge in [-0.3, -0.25) is 4.79 Å². The summed E-state index contributed by atoms with van der Waals surface area (Å²) in [4.78, 5) is 11.7. The molecule has 3 nitrogen and oxygen atoms in total. The molecule has 102 valence electrons. The first-order chi connectivity index (χ1) is 8.10. The predicted molar refractivity (Wildman–Crippen MR) is 74.1 cm³/mol. The molecule has 0 aliphatic carbocycles. The Balaban J connectivity index is 3.77. The molecule has 2 N–H and O–H groups in total. The summed E-state index contributed by atoms with van der Waals surface area (Å²) in [5.74, 6) is 0.188. The van der Waals surface area contributed by atoms with Crippen LogP contribution in [0.2, 0.25) is 0 Å². The first-order valence-electron chi connectivity index (χ1n) is 7.12. The molecule has 0 bridgehead atoms. The number of unbranched alkanes of at least 4 members (excludes halogenated alkanes) is 1. The fourth-order valence-electron chi connectivity index (χ4n) is 1.86. The van der Waals surface area contributed by atoms with E-state index in [9.17, 15) is 4.79 Å². The Morgan fingerprint density at radius 3 is 2.35 bits per heavy atom. The molecule has 1 amide bonds. The molecule has 1 unspecified atom stereocenters. The van der Waals surface area contributed by atoms with Gasteiger partial charge in [0.2, 0.25) is 5.91 Å². The Labute approximate surface area is 107 Å².